The first-order valence-corrected chi connectivity index (χ1v) is 24.2. The van der Waals surface area contributed by atoms with Crippen molar-refractivity contribution in [1.82, 2.24) is 9.13 Å². The number of ether oxygens (including phenoxy) is 2. The summed E-state index contributed by atoms with van der Waals surface area (Å²) in [4.78, 5) is 0. The van der Waals surface area contributed by atoms with Gasteiger partial charge in [0, 0.05) is 32.7 Å². The largest absolute Gasteiger partial charge is 0.340 e. The van der Waals surface area contributed by atoms with Gasteiger partial charge in [0.15, 0.2) is 5.79 Å². The van der Waals surface area contributed by atoms with Crippen LogP contribution in [0.2, 0.25) is 0 Å². The van der Waals surface area contributed by atoms with Gasteiger partial charge in [0.1, 0.15) is 12.1 Å². The molecule has 0 N–H and O–H groups in total. The number of para-hydroxylation sites is 1. The lowest BCUT2D eigenvalue weighted by atomic mass is 9.79. The molecule has 12 rings (SSSR count). The summed E-state index contributed by atoms with van der Waals surface area (Å²) in [5.41, 5.74) is 13.2. The van der Waals surface area contributed by atoms with E-state index in [1.54, 1.807) is 0 Å². The van der Waals surface area contributed by atoms with Crippen LogP contribution in [0.5, 0.6) is 0 Å². The zero-order valence-corrected chi connectivity index (χ0v) is 40.6. The van der Waals surface area contributed by atoms with Crippen molar-refractivity contribution in [2.75, 3.05) is 0 Å². The van der Waals surface area contributed by atoms with Crippen molar-refractivity contribution >= 4 is 43.6 Å². The number of nitrogens with zero attached hydrogens (tertiary/aromatic N) is 4. The summed E-state index contributed by atoms with van der Waals surface area (Å²) in [5, 5.41) is 28.1. The second kappa shape index (κ2) is 16.3. The maximum absolute atomic E-state index is 12.0. The molecule has 1 aliphatic heterocycles. The van der Waals surface area contributed by atoms with E-state index in [-0.39, 0.29) is 11.1 Å². The van der Waals surface area contributed by atoms with E-state index in [2.05, 4.69) is 213 Å². The molecule has 3 heterocycles. The Kier molecular flexibility index (Phi) is 10.0. The van der Waals surface area contributed by atoms with E-state index in [0.717, 1.165) is 99.2 Å². The Morgan fingerprint density at radius 2 is 0.761 bits per heavy atom. The van der Waals surface area contributed by atoms with Gasteiger partial charge in [-0.05, 0) is 129 Å². The normalized spacial score (nSPS) is 14.8. The molecule has 6 heteroatoms. The summed E-state index contributed by atoms with van der Waals surface area (Å²) in [6.45, 7) is 12.2. The molecule has 6 nitrogen and oxygen atoms in total. The maximum Gasteiger partial charge on any atom is 0.165 e. The Morgan fingerprint density at radius 1 is 0.366 bits per heavy atom. The van der Waals surface area contributed by atoms with E-state index in [0.29, 0.717) is 11.4 Å². The molecule has 342 valence electrons. The fraction of sp³-hybridized carbons (Fsp3) is 0.138. The number of fused-ring (bicyclic) bond motifs is 7. The second-order valence-corrected chi connectivity index (χ2v) is 20.1. The second-order valence-electron chi connectivity index (χ2n) is 20.1. The molecule has 0 unspecified atom stereocenters. The molecule has 71 heavy (non-hydrogen) atoms. The molecule has 0 amide bonds. The van der Waals surface area contributed by atoms with Crippen molar-refractivity contribution in [2.24, 2.45) is 0 Å². The molecule has 0 spiro atoms. The topological polar surface area (TPSA) is 75.9 Å². The smallest absolute Gasteiger partial charge is 0.165 e. The third-order valence-corrected chi connectivity index (χ3v) is 14.3. The van der Waals surface area contributed by atoms with Crippen molar-refractivity contribution in [3.05, 3.63) is 216 Å². The Labute approximate surface area is 413 Å². The van der Waals surface area contributed by atoms with Gasteiger partial charge in [-0.25, -0.2) is 0 Å². The lowest BCUT2D eigenvalue weighted by Gasteiger charge is -2.35. The molecule has 0 radical (unpaired) electrons. The van der Waals surface area contributed by atoms with Gasteiger partial charge >= 0.3 is 0 Å². The van der Waals surface area contributed by atoms with Crippen LogP contribution in [-0.2, 0) is 20.7 Å². The minimum absolute atomic E-state index is 0.249. The summed E-state index contributed by atoms with van der Waals surface area (Å²) in [5.74, 6) is -1.10. The van der Waals surface area contributed by atoms with Crippen LogP contribution in [0.3, 0.4) is 0 Å². The zero-order chi connectivity index (χ0) is 48.8. The minimum atomic E-state index is -1.10. The van der Waals surface area contributed by atoms with Gasteiger partial charge in [-0.15, -0.1) is 0 Å². The number of hydrogen-bond donors (Lipinski definition) is 0. The third-order valence-electron chi connectivity index (χ3n) is 14.3. The van der Waals surface area contributed by atoms with Gasteiger partial charge in [-0.3, -0.25) is 0 Å². The van der Waals surface area contributed by atoms with Crippen LogP contribution in [0.4, 0.5) is 0 Å². The molecule has 11 aromatic rings. The molecule has 0 saturated heterocycles. The molecule has 1 aliphatic rings. The summed E-state index contributed by atoms with van der Waals surface area (Å²) in [6.07, 6.45) is 0. The Hall–Kier alpha value is -8.52. The molecule has 0 bridgehead atoms. The van der Waals surface area contributed by atoms with E-state index in [4.69, 9.17) is 9.47 Å². The quantitative estimate of drug-likeness (QED) is 0.166. The number of benzene rings is 9. The lowest BCUT2D eigenvalue weighted by molar-refractivity contribution is -0.295. The van der Waals surface area contributed by atoms with Crippen molar-refractivity contribution < 1.29 is 9.47 Å². The summed E-state index contributed by atoms with van der Waals surface area (Å²) < 4.78 is 18.9. The van der Waals surface area contributed by atoms with Crippen molar-refractivity contribution in [2.45, 2.75) is 58.5 Å². The highest BCUT2D eigenvalue weighted by atomic mass is 16.7. The van der Waals surface area contributed by atoms with E-state index >= 15 is 0 Å². The van der Waals surface area contributed by atoms with Crippen LogP contribution in [0.25, 0.3) is 99.5 Å². The summed E-state index contributed by atoms with van der Waals surface area (Å²) in [6, 6.07) is 73.2. The summed E-state index contributed by atoms with van der Waals surface area (Å²) in [7, 11) is 0. The molecule has 0 saturated carbocycles. The molecular weight excluding hydrogens is 869 g/mol. The van der Waals surface area contributed by atoms with E-state index in [1.165, 1.54) is 0 Å². The van der Waals surface area contributed by atoms with Crippen molar-refractivity contribution in [3.8, 4) is 68.0 Å². The molecule has 2 aromatic heterocycles. The van der Waals surface area contributed by atoms with Gasteiger partial charge < -0.3 is 18.6 Å². The number of aromatic nitrogens is 2. The van der Waals surface area contributed by atoms with Gasteiger partial charge in [0.2, 0.25) is 0 Å². The minimum Gasteiger partial charge on any atom is -0.340 e. The molecule has 0 atom stereocenters. The average molecular weight is 919 g/mol. The predicted molar refractivity (Wildman–Crippen MR) is 289 cm³/mol. The van der Waals surface area contributed by atoms with Crippen LogP contribution >= 0.6 is 0 Å². The third kappa shape index (κ3) is 6.98. The van der Waals surface area contributed by atoms with Crippen LogP contribution in [0.15, 0.2) is 194 Å². The average Bonchev–Trinajstić information content (AvgIpc) is 3.88. The summed E-state index contributed by atoms with van der Waals surface area (Å²) >= 11 is 0. The highest BCUT2D eigenvalue weighted by Gasteiger charge is 2.49. The van der Waals surface area contributed by atoms with Crippen LogP contribution in [0, 0.1) is 22.7 Å². The van der Waals surface area contributed by atoms with E-state index < -0.39 is 17.0 Å². The first kappa shape index (κ1) is 43.7. The highest BCUT2D eigenvalue weighted by molar-refractivity contribution is 6.17. The molecular formula is C65H50N4O2. The number of nitriles is 2. The Balaban J connectivity index is 1.28. The zero-order valence-electron chi connectivity index (χ0n) is 40.6. The molecule has 9 aromatic carbocycles. The first-order valence-electron chi connectivity index (χ1n) is 24.2. The Bertz CT molecular complexity index is 3920. The number of hydrogen-bond acceptors (Lipinski definition) is 4. The van der Waals surface area contributed by atoms with E-state index in [9.17, 15) is 10.5 Å². The van der Waals surface area contributed by atoms with Gasteiger partial charge in [0.05, 0.1) is 55.8 Å². The Morgan fingerprint density at radius 3 is 1.23 bits per heavy atom. The van der Waals surface area contributed by atoms with Gasteiger partial charge in [0.25, 0.3) is 0 Å². The fourth-order valence-corrected chi connectivity index (χ4v) is 11.8. The van der Waals surface area contributed by atoms with Gasteiger partial charge in [-0.1, -0.05) is 152 Å². The van der Waals surface area contributed by atoms with E-state index in [1.807, 2.05) is 44.2 Å². The van der Waals surface area contributed by atoms with Crippen LogP contribution in [-0.4, -0.2) is 14.9 Å². The van der Waals surface area contributed by atoms with Crippen LogP contribution < -0.4 is 0 Å². The number of rotatable bonds is 6. The maximum atomic E-state index is 12.0. The van der Waals surface area contributed by atoms with Crippen molar-refractivity contribution in [3.63, 3.8) is 0 Å². The monoisotopic (exact) mass is 918 g/mol. The van der Waals surface area contributed by atoms with Crippen LogP contribution in [0.1, 0.15) is 63.8 Å². The van der Waals surface area contributed by atoms with Gasteiger partial charge in [-0.2, -0.15) is 10.5 Å². The molecule has 0 fully saturated rings. The first-order chi connectivity index (χ1) is 34.4. The highest BCUT2D eigenvalue weighted by Crippen LogP contribution is 2.54. The standard InChI is InChI=1S/C65H50N4O2/c1-63(2)59-60(64(3,4)71-65(5,6)70-63)62(69-54-30-20-19-29-48(54)58-49(44-27-17-10-18-28-44)37-47(38-57(58)69)43-25-15-9-16-26-43)53(40-67)52(39-66)61(59)68-55-33-31-45(41-21-11-7-12-22-41)35-50(55)51-36-46(32-34-56(51)68)42-23-13-8-14-24-42/h7-38H,1-6H3. The predicted octanol–water partition coefficient (Wildman–Crippen LogP) is 16.5. The lowest BCUT2D eigenvalue weighted by Crippen LogP contribution is -2.38. The van der Waals surface area contributed by atoms with Crippen molar-refractivity contribution in [1.29, 1.82) is 10.5 Å². The fourth-order valence-electron chi connectivity index (χ4n) is 11.8. The SMILES string of the molecule is CC1(C)OC(C)(C)c2c(-n3c4ccc(-c5ccccc5)cc4c4cc(-c5ccccc5)ccc43)c(C#N)c(C#N)c(-n3c4ccccc4c4c(-c5ccccc5)cc(-c5ccccc5)cc43)c2C(C)(C)O1. The molecule has 0 aliphatic carbocycles.